The predicted molar refractivity (Wildman–Crippen MR) is 135 cm³/mol. The maximum atomic E-state index is 12.8. The van der Waals surface area contributed by atoms with Crippen molar-refractivity contribution in [3.05, 3.63) is 77.5 Å². The summed E-state index contributed by atoms with van der Waals surface area (Å²) in [5.41, 5.74) is 7.24. The lowest BCUT2D eigenvalue weighted by molar-refractivity contribution is 0.0938. The maximum Gasteiger partial charge on any atom is 0.251 e. The average molecular weight is 442 g/mol. The van der Waals surface area contributed by atoms with E-state index in [2.05, 4.69) is 70.2 Å². The van der Waals surface area contributed by atoms with Gasteiger partial charge in [-0.25, -0.2) is 0 Å². The number of rotatable bonds is 6. The van der Waals surface area contributed by atoms with Crippen molar-refractivity contribution < 1.29 is 4.79 Å². The second-order valence-electron chi connectivity index (χ2n) is 9.59. The fraction of sp³-hybridized carbons (Fsp3) is 0.414. The molecule has 2 aromatic carbocycles. The topological polar surface area (TPSA) is 37.3 Å². The number of carbonyl (C=O) groups is 1. The van der Waals surface area contributed by atoms with E-state index >= 15 is 0 Å². The minimum atomic E-state index is 0.0176. The van der Waals surface area contributed by atoms with Crippen LogP contribution in [0.1, 0.15) is 60.6 Å². The number of aryl methyl sites for hydroxylation is 1. The first kappa shape index (κ1) is 22.0. The van der Waals surface area contributed by atoms with Crippen molar-refractivity contribution in [3.8, 4) is 16.9 Å². The Morgan fingerprint density at radius 2 is 1.76 bits per heavy atom. The van der Waals surface area contributed by atoms with E-state index in [1.165, 1.54) is 54.6 Å². The largest absolute Gasteiger partial charge is 0.351 e. The zero-order chi connectivity index (χ0) is 22.6. The Balaban J connectivity index is 1.32. The van der Waals surface area contributed by atoms with Crippen molar-refractivity contribution in [2.45, 2.75) is 57.9 Å². The second-order valence-corrected chi connectivity index (χ2v) is 9.59. The molecule has 0 unspecified atom stereocenters. The molecule has 172 valence electrons. The van der Waals surface area contributed by atoms with Crippen molar-refractivity contribution in [1.29, 1.82) is 0 Å². The van der Waals surface area contributed by atoms with E-state index in [0.29, 0.717) is 12.6 Å². The molecule has 1 fully saturated rings. The van der Waals surface area contributed by atoms with Crippen LogP contribution in [-0.2, 0) is 12.8 Å². The molecule has 0 radical (unpaired) electrons. The highest BCUT2D eigenvalue weighted by atomic mass is 16.1. The Morgan fingerprint density at radius 3 is 2.55 bits per heavy atom. The summed E-state index contributed by atoms with van der Waals surface area (Å²) in [6.07, 6.45) is 8.63. The lowest BCUT2D eigenvalue weighted by atomic mass is 9.98. The average Bonchev–Trinajstić information content (AvgIpc) is 3.25. The summed E-state index contributed by atoms with van der Waals surface area (Å²) < 4.78 is 2.41. The van der Waals surface area contributed by atoms with Gasteiger partial charge in [-0.15, -0.1) is 0 Å². The first-order valence-corrected chi connectivity index (χ1v) is 12.6. The van der Waals surface area contributed by atoms with Gasteiger partial charge in [0, 0.05) is 36.1 Å². The number of likely N-dealkylation sites (tertiary alicyclic amines) is 1. The van der Waals surface area contributed by atoms with E-state index in [-0.39, 0.29) is 5.91 Å². The number of nitrogens with zero attached hydrogens (tertiary/aromatic N) is 2. The van der Waals surface area contributed by atoms with Crippen LogP contribution in [0.3, 0.4) is 0 Å². The first-order valence-electron chi connectivity index (χ1n) is 12.6. The molecule has 33 heavy (non-hydrogen) atoms. The lowest BCUT2D eigenvalue weighted by Crippen LogP contribution is -2.42. The molecule has 4 nitrogen and oxygen atoms in total. The molecule has 1 aliphatic carbocycles. The van der Waals surface area contributed by atoms with E-state index in [0.717, 1.165) is 37.2 Å². The molecule has 1 amide bonds. The molecule has 1 aliphatic heterocycles. The predicted octanol–water partition coefficient (Wildman–Crippen LogP) is 5.63. The van der Waals surface area contributed by atoms with Crippen LogP contribution in [0.15, 0.2) is 60.7 Å². The standard InChI is InChI=1S/C29H35N3O/c1-22-9-7-8-19-31(22)20-18-30-29(33)24-14-16-26(17-15-24)32-27-13-6-5-12-25(27)21-28(32)23-10-3-2-4-11-23/h2-4,10-11,14-17,21-22H,5-9,12-13,18-20H2,1H3,(H,30,33)/t22-/m0/s1. The fourth-order valence-corrected chi connectivity index (χ4v) is 5.48. The van der Waals surface area contributed by atoms with Gasteiger partial charge in [-0.2, -0.15) is 0 Å². The van der Waals surface area contributed by atoms with Crippen LogP contribution < -0.4 is 5.32 Å². The van der Waals surface area contributed by atoms with E-state index < -0.39 is 0 Å². The molecule has 2 heterocycles. The monoisotopic (exact) mass is 441 g/mol. The molecule has 1 atom stereocenters. The normalized spacial score (nSPS) is 18.6. The summed E-state index contributed by atoms with van der Waals surface area (Å²) in [5.74, 6) is 0.0176. The zero-order valence-corrected chi connectivity index (χ0v) is 19.7. The van der Waals surface area contributed by atoms with Gasteiger partial charge in [-0.1, -0.05) is 36.8 Å². The Labute approximate surface area is 197 Å². The second kappa shape index (κ2) is 9.96. The Bertz CT molecular complexity index is 1080. The highest BCUT2D eigenvalue weighted by molar-refractivity contribution is 5.94. The number of aromatic nitrogens is 1. The summed E-state index contributed by atoms with van der Waals surface area (Å²) in [6, 6.07) is 21.8. The van der Waals surface area contributed by atoms with E-state index in [4.69, 9.17) is 0 Å². The van der Waals surface area contributed by atoms with Crippen molar-refractivity contribution >= 4 is 5.91 Å². The lowest BCUT2D eigenvalue weighted by Gasteiger charge is -2.33. The molecule has 1 N–H and O–H groups in total. The number of hydrogen-bond acceptors (Lipinski definition) is 2. The number of carbonyl (C=O) groups excluding carboxylic acids is 1. The van der Waals surface area contributed by atoms with Crippen LogP contribution in [0.2, 0.25) is 0 Å². The Morgan fingerprint density at radius 1 is 0.970 bits per heavy atom. The van der Waals surface area contributed by atoms with Gasteiger partial charge < -0.3 is 9.88 Å². The smallest absolute Gasteiger partial charge is 0.251 e. The Hall–Kier alpha value is -2.85. The SMILES string of the molecule is C[C@H]1CCCCN1CCNC(=O)c1ccc(-n2c(-c3ccccc3)cc3c2CCCC3)cc1. The number of hydrogen-bond donors (Lipinski definition) is 1. The van der Waals surface area contributed by atoms with Crippen molar-refractivity contribution in [1.82, 2.24) is 14.8 Å². The van der Waals surface area contributed by atoms with Gasteiger partial charge in [0.15, 0.2) is 0 Å². The maximum absolute atomic E-state index is 12.8. The molecular formula is C29H35N3O. The van der Waals surface area contributed by atoms with Gasteiger partial charge >= 0.3 is 0 Å². The van der Waals surface area contributed by atoms with Gasteiger partial charge in [-0.05, 0) is 93.5 Å². The summed E-state index contributed by atoms with van der Waals surface area (Å²) >= 11 is 0. The van der Waals surface area contributed by atoms with E-state index in [1.807, 2.05) is 12.1 Å². The van der Waals surface area contributed by atoms with Crippen molar-refractivity contribution in [2.75, 3.05) is 19.6 Å². The highest BCUT2D eigenvalue weighted by Gasteiger charge is 2.21. The van der Waals surface area contributed by atoms with Crippen LogP contribution >= 0.6 is 0 Å². The third-order valence-electron chi connectivity index (χ3n) is 7.38. The molecule has 0 spiro atoms. The van der Waals surface area contributed by atoms with Crippen molar-refractivity contribution in [2.24, 2.45) is 0 Å². The van der Waals surface area contributed by atoms with Gasteiger partial charge in [0.2, 0.25) is 0 Å². The van der Waals surface area contributed by atoms with Crippen LogP contribution in [-0.4, -0.2) is 41.1 Å². The first-order chi connectivity index (χ1) is 16.2. The summed E-state index contributed by atoms with van der Waals surface area (Å²) in [4.78, 5) is 15.2. The number of benzene rings is 2. The minimum absolute atomic E-state index is 0.0176. The summed E-state index contributed by atoms with van der Waals surface area (Å²) in [7, 11) is 0. The van der Waals surface area contributed by atoms with Crippen LogP contribution in [0.5, 0.6) is 0 Å². The number of piperidine rings is 1. The molecule has 1 saturated heterocycles. The van der Waals surface area contributed by atoms with Crippen LogP contribution in [0.4, 0.5) is 0 Å². The van der Waals surface area contributed by atoms with E-state index in [9.17, 15) is 4.79 Å². The molecular weight excluding hydrogens is 406 g/mol. The molecule has 3 aromatic rings. The fourth-order valence-electron chi connectivity index (χ4n) is 5.48. The number of fused-ring (bicyclic) bond motifs is 1. The zero-order valence-electron chi connectivity index (χ0n) is 19.7. The quantitative estimate of drug-likeness (QED) is 0.538. The number of nitrogens with one attached hydrogen (secondary N) is 1. The van der Waals surface area contributed by atoms with Gasteiger partial charge in [0.1, 0.15) is 0 Å². The van der Waals surface area contributed by atoms with Gasteiger partial charge in [-0.3, -0.25) is 9.69 Å². The van der Waals surface area contributed by atoms with Gasteiger partial charge in [0.25, 0.3) is 5.91 Å². The molecule has 5 rings (SSSR count). The molecule has 4 heteroatoms. The molecule has 0 bridgehead atoms. The third-order valence-corrected chi connectivity index (χ3v) is 7.38. The van der Waals surface area contributed by atoms with Crippen LogP contribution in [0.25, 0.3) is 16.9 Å². The van der Waals surface area contributed by atoms with Gasteiger partial charge in [0.05, 0.1) is 5.69 Å². The van der Waals surface area contributed by atoms with E-state index in [1.54, 1.807) is 0 Å². The Kier molecular flexibility index (Phi) is 6.63. The number of amides is 1. The molecule has 1 aromatic heterocycles. The minimum Gasteiger partial charge on any atom is -0.351 e. The summed E-state index contributed by atoms with van der Waals surface area (Å²) in [5, 5.41) is 3.12. The highest BCUT2D eigenvalue weighted by Crippen LogP contribution is 2.33. The molecule has 0 saturated carbocycles. The van der Waals surface area contributed by atoms with Crippen molar-refractivity contribution in [3.63, 3.8) is 0 Å². The summed E-state index contributed by atoms with van der Waals surface area (Å²) in [6.45, 7) is 5.08. The molecule has 2 aliphatic rings. The third kappa shape index (κ3) is 4.77. The van der Waals surface area contributed by atoms with Crippen LogP contribution in [0, 0.1) is 0 Å².